The minimum atomic E-state index is 0.101. The largest absolute Gasteiger partial charge is 0.507 e. The van der Waals surface area contributed by atoms with Crippen LogP contribution in [-0.4, -0.2) is 19.6 Å². The van der Waals surface area contributed by atoms with Crippen LogP contribution < -0.4 is 0 Å². The lowest BCUT2D eigenvalue weighted by atomic mass is 10.00. The Kier molecular flexibility index (Phi) is 6.22. The van der Waals surface area contributed by atoms with Crippen LogP contribution in [0.15, 0.2) is 162 Å². The van der Waals surface area contributed by atoms with Gasteiger partial charge in [-0.25, -0.2) is 4.98 Å². The zero-order valence-corrected chi connectivity index (χ0v) is 25.2. The Morgan fingerprint density at radius 1 is 0.574 bits per heavy atom. The number of pyridine rings is 1. The molecule has 0 saturated carbocycles. The number of nitrogens with zero attached hydrogens (tertiary/aromatic N) is 3. The van der Waals surface area contributed by atoms with Crippen molar-refractivity contribution in [3.63, 3.8) is 0 Å². The number of para-hydroxylation sites is 3. The quantitative estimate of drug-likeness (QED) is 0.212. The molecule has 0 amide bonds. The molecule has 0 aliphatic heterocycles. The van der Waals surface area contributed by atoms with Crippen LogP contribution in [0.2, 0.25) is 0 Å². The van der Waals surface area contributed by atoms with Gasteiger partial charge in [0.15, 0.2) is 5.82 Å². The van der Waals surface area contributed by atoms with E-state index in [2.05, 4.69) is 82.3 Å². The van der Waals surface area contributed by atoms with Crippen LogP contribution in [0.3, 0.4) is 0 Å². The van der Waals surface area contributed by atoms with Crippen molar-refractivity contribution in [1.82, 2.24) is 14.5 Å². The molecule has 1 N–H and O–H groups in total. The molecule has 0 saturated heterocycles. The Labute approximate surface area is 270 Å². The number of aromatic hydroxyl groups is 1. The molecular weight excluding hydrogens is 578 g/mol. The van der Waals surface area contributed by atoms with Gasteiger partial charge >= 0.3 is 0 Å². The number of imidazole rings is 1. The highest BCUT2D eigenvalue weighted by atomic mass is 16.3. The number of rotatable bonds is 5. The molecule has 0 aliphatic rings. The first-order valence-corrected chi connectivity index (χ1v) is 15.6. The summed E-state index contributed by atoms with van der Waals surface area (Å²) in [5, 5.41) is 13.5. The Hall–Kier alpha value is -6.46. The standard InChI is InChI=1S/C42H27N3O2/c46-37-24-23-33-32-17-5-7-22-38(32)47-41(33)39(37)42-44-40-31(28-14-10-15-29(26-28)34-19-8-9-25-43-34)18-11-21-36(40)45(42)35-20-6-4-16-30(35)27-12-2-1-3-13-27/h1-26,46H. The van der Waals surface area contributed by atoms with Crippen molar-refractivity contribution >= 4 is 33.0 Å². The maximum atomic E-state index is 11.6. The second-order valence-corrected chi connectivity index (χ2v) is 11.6. The summed E-state index contributed by atoms with van der Waals surface area (Å²) in [6, 6.07) is 50.9. The van der Waals surface area contributed by atoms with Crippen molar-refractivity contribution < 1.29 is 9.52 Å². The Morgan fingerprint density at radius 3 is 2.21 bits per heavy atom. The minimum absolute atomic E-state index is 0.101. The van der Waals surface area contributed by atoms with Crippen molar-refractivity contribution in [2.75, 3.05) is 0 Å². The first-order valence-electron chi connectivity index (χ1n) is 15.6. The molecule has 222 valence electrons. The molecular formula is C42H27N3O2. The maximum Gasteiger partial charge on any atom is 0.153 e. The summed E-state index contributed by atoms with van der Waals surface area (Å²) in [4.78, 5) is 9.96. The highest BCUT2D eigenvalue weighted by Crippen LogP contribution is 2.44. The molecule has 0 atom stereocenters. The van der Waals surface area contributed by atoms with Crippen molar-refractivity contribution in [3.8, 4) is 56.3 Å². The number of aromatic nitrogens is 3. The average molecular weight is 606 g/mol. The maximum absolute atomic E-state index is 11.6. The summed E-state index contributed by atoms with van der Waals surface area (Å²) in [5.41, 5.74) is 10.7. The minimum Gasteiger partial charge on any atom is -0.507 e. The van der Waals surface area contributed by atoms with Gasteiger partial charge in [-0.1, -0.05) is 103 Å². The topological polar surface area (TPSA) is 64.1 Å². The number of benzene rings is 6. The molecule has 3 aromatic heterocycles. The van der Waals surface area contributed by atoms with Crippen molar-refractivity contribution in [3.05, 3.63) is 158 Å². The first-order chi connectivity index (χ1) is 23.2. The smallest absolute Gasteiger partial charge is 0.153 e. The van der Waals surface area contributed by atoms with Gasteiger partial charge < -0.3 is 9.52 Å². The van der Waals surface area contributed by atoms with Gasteiger partial charge in [-0.2, -0.15) is 0 Å². The third-order valence-corrected chi connectivity index (χ3v) is 8.80. The van der Waals surface area contributed by atoms with E-state index in [1.54, 1.807) is 6.07 Å². The van der Waals surface area contributed by atoms with E-state index in [1.807, 2.05) is 79.0 Å². The molecule has 6 aromatic carbocycles. The molecule has 9 aromatic rings. The molecule has 0 aliphatic carbocycles. The SMILES string of the molecule is Oc1ccc2c(oc3ccccc32)c1-c1nc2c(-c3cccc(-c4ccccn4)c3)cccc2n1-c1ccccc1-c1ccccc1. The third kappa shape index (κ3) is 4.40. The van der Waals surface area contributed by atoms with E-state index in [9.17, 15) is 5.11 Å². The number of phenols is 1. The molecule has 0 radical (unpaired) electrons. The van der Waals surface area contributed by atoms with Crippen LogP contribution in [0.4, 0.5) is 0 Å². The molecule has 0 fully saturated rings. The van der Waals surface area contributed by atoms with E-state index in [1.165, 1.54) is 0 Å². The Balaban J connectivity index is 1.37. The molecule has 47 heavy (non-hydrogen) atoms. The lowest BCUT2D eigenvalue weighted by Gasteiger charge is -2.15. The van der Waals surface area contributed by atoms with E-state index < -0.39 is 0 Å². The number of hydrogen-bond donors (Lipinski definition) is 1. The fraction of sp³-hybridized carbons (Fsp3) is 0. The van der Waals surface area contributed by atoms with Crippen LogP contribution in [0.25, 0.3) is 83.6 Å². The summed E-state index contributed by atoms with van der Waals surface area (Å²) >= 11 is 0. The van der Waals surface area contributed by atoms with Gasteiger partial charge in [-0.05, 0) is 59.7 Å². The lowest BCUT2D eigenvalue weighted by Crippen LogP contribution is -2.00. The Bertz CT molecular complexity index is 2580. The van der Waals surface area contributed by atoms with E-state index in [0.29, 0.717) is 17.0 Å². The second kappa shape index (κ2) is 10.9. The fourth-order valence-electron chi connectivity index (χ4n) is 6.65. The highest BCUT2D eigenvalue weighted by molar-refractivity contribution is 6.11. The van der Waals surface area contributed by atoms with Gasteiger partial charge in [0.1, 0.15) is 22.5 Å². The van der Waals surface area contributed by atoms with Crippen molar-refractivity contribution in [2.45, 2.75) is 0 Å². The van der Waals surface area contributed by atoms with E-state index in [4.69, 9.17) is 9.40 Å². The molecule has 0 spiro atoms. The van der Waals surface area contributed by atoms with E-state index >= 15 is 0 Å². The normalized spacial score (nSPS) is 11.5. The Morgan fingerprint density at radius 2 is 1.32 bits per heavy atom. The van der Waals surface area contributed by atoms with Gasteiger partial charge in [0.2, 0.25) is 0 Å². The molecule has 0 bridgehead atoms. The summed E-state index contributed by atoms with van der Waals surface area (Å²) in [7, 11) is 0. The molecule has 9 rings (SSSR count). The van der Waals surface area contributed by atoms with Gasteiger partial charge in [-0.15, -0.1) is 0 Å². The van der Waals surface area contributed by atoms with Gasteiger partial charge in [0.25, 0.3) is 0 Å². The predicted octanol–water partition coefficient (Wildman–Crippen LogP) is 10.7. The molecule has 5 nitrogen and oxygen atoms in total. The average Bonchev–Trinajstić information content (AvgIpc) is 3.71. The van der Waals surface area contributed by atoms with Crippen LogP contribution in [0.5, 0.6) is 5.75 Å². The molecule has 0 unspecified atom stereocenters. The predicted molar refractivity (Wildman–Crippen MR) is 190 cm³/mol. The van der Waals surface area contributed by atoms with Crippen molar-refractivity contribution in [1.29, 1.82) is 0 Å². The van der Waals surface area contributed by atoms with E-state index in [-0.39, 0.29) is 5.75 Å². The zero-order valence-electron chi connectivity index (χ0n) is 25.2. The van der Waals surface area contributed by atoms with Gasteiger partial charge in [-0.3, -0.25) is 9.55 Å². The summed E-state index contributed by atoms with van der Waals surface area (Å²) < 4.78 is 8.64. The van der Waals surface area contributed by atoms with Gasteiger partial charge in [0, 0.05) is 33.7 Å². The van der Waals surface area contributed by atoms with E-state index in [0.717, 1.165) is 66.6 Å². The first kappa shape index (κ1) is 26.9. The third-order valence-electron chi connectivity index (χ3n) is 8.80. The number of hydrogen-bond acceptors (Lipinski definition) is 4. The molecule has 3 heterocycles. The fourth-order valence-corrected chi connectivity index (χ4v) is 6.65. The highest BCUT2D eigenvalue weighted by Gasteiger charge is 2.25. The zero-order chi connectivity index (χ0) is 31.3. The lowest BCUT2D eigenvalue weighted by molar-refractivity contribution is 0.476. The van der Waals surface area contributed by atoms with Crippen LogP contribution in [0.1, 0.15) is 0 Å². The van der Waals surface area contributed by atoms with Crippen LogP contribution >= 0.6 is 0 Å². The number of phenolic OH excluding ortho intramolecular Hbond substituents is 1. The van der Waals surface area contributed by atoms with Gasteiger partial charge in [0.05, 0.1) is 22.4 Å². The van der Waals surface area contributed by atoms with Crippen LogP contribution in [-0.2, 0) is 0 Å². The summed E-state index contributed by atoms with van der Waals surface area (Å²) in [6.07, 6.45) is 1.81. The second-order valence-electron chi connectivity index (χ2n) is 11.6. The monoisotopic (exact) mass is 605 g/mol. The van der Waals surface area contributed by atoms with Crippen LogP contribution in [0, 0.1) is 0 Å². The number of furan rings is 1. The number of fused-ring (bicyclic) bond motifs is 4. The molecule has 5 heteroatoms. The summed E-state index contributed by atoms with van der Waals surface area (Å²) in [6.45, 7) is 0. The summed E-state index contributed by atoms with van der Waals surface area (Å²) in [5.74, 6) is 0.697. The van der Waals surface area contributed by atoms with Crippen molar-refractivity contribution in [2.24, 2.45) is 0 Å².